The van der Waals surface area contributed by atoms with Gasteiger partial charge in [0.25, 0.3) is 0 Å². The molecule has 3 rings (SSSR count). The van der Waals surface area contributed by atoms with E-state index in [0.717, 1.165) is 46.9 Å². The van der Waals surface area contributed by atoms with Crippen molar-refractivity contribution in [2.24, 2.45) is 0 Å². The number of aryl methyl sites for hydroxylation is 1. The van der Waals surface area contributed by atoms with Crippen LogP contribution in [-0.2, 0) is 12.8 Å². The van der Waals surface area contributed by atoms with Crippen LogP contribution in [0.25, 0.3) is 11.1 Å². The smallest absolute Gasteiger partial charge is 0.151 e. The normalized spacial score (nSPS) is 12.7. The predicted molar refractivity (Wildman–Crippen MR) is 77.5 cm³/mol. The van der Waals surface area contributed by atoms with Crippen LogP contribution in [0.15, 0.2) is 18.2 Å². The molecule has 3 heteroatoms. The van der Waals surface area contributed by atoms with Gasteiger partial charge < -0.3 is 10.2 Å². The van der Waals surface area contributed by atoms with Gasteiger partial charge in [-0.25, -0.2) is 0 Å². The third kappa shape index (κ3) is 1.63. The van der Waals surface area contributed by atoms with Crippen LogP contribution < -0.4 is 0 Å². The standard InChI is InChI=1S/C17H16O3/c1-9-12-4-3-11-7-16(20)10(2)14(8-18)17(11)13(12)5-6-15(9)19/h5-8,19-20H,3-4H2,1-2H3. The largest absolute Gasteiger partial charge is 0.508 e. The number of benzene rings is 2. The zero-order valence-electron chi connectivity index (χ0n) is 11.5. The average molecular weight is 268 g/mol. The molecule has 0 saturated heterocycles. The van der Waals surface area contributed by atoms with E-state index in [1.165, 1.54) is 0 Å². The molecule has 0 bridgehead atoms. The SMILES string of the molecule is Cc1c(O)cc2c(c1C=O)-c1ccc(O)c(C)c1CC2. The Bertz CT molecular complexity index is 730. The first-order valence-electron chi connectivity index (χ1n) is 6.67. The van der Waals surface area contributed by atoms with Gasteiger partial charge in [-0.2, -0.15) is 0 Å². The first kappa shape index (κ1) is 12.7. The minimum absolute atomic E-state index is 0.171. The highest BCUT2D eigenvalue weighted by atomic mass is 16.3. The molecule has 0 saturated carbocycles. The number of aldehydes is 1. The molecule has 0 atom stereocenters. The second-order valence-electron chi connectivity index (χ2n) is 5.32. The van der Waals surface area contributed by atoms with Crippen molar-refractivity contribution in [2.75, 3.05) is 0 Å². The molecule has 0 fully saturated rings. The van der Waals surface area contributed by atoms with Crippen LogP contribution in [0.1, 0.15) is 32.6 Å². The van der Waals surface area contributed by atoms with Crippen molar-refractivity contribution in [2.45, 2.75) is 26.7 Å². The topological polar surface area (TPSA) is 57.5 Å². The second-order valence-corrected chi connectivity index (χ2v) is 5.32. The minimum atomic E-state index is 0.171. The van der Waals surface area contributed by atoms with Crippen LogP contribution in [0.2, 0.25) is 0 Å². The lowest BCUT2D eigenvalue weighted by Gasteiger charge is -2.24. The Hall–Kier alpha value is -2.29. The Kier molecular flexibility index (Phi) is 2.78. The summed E-state index contributed by atoms with van der Waals surface area (Å²) in [7, 11) is 0. The first-order chi connectivity index (χ1) is 9.54. The molecule has 1 aliphatic rings. The fourth-order valence-electron chi connectivity index (χ4n) is 3.07. The van der Waals surface area contributed by atoms with Gasteiger partial charge in [0.05, 0.1) is 0 Å². The number of carbonyl (C=O) groups excluding carboxylic acids is 1. The lowest BCUT2D eigenvalue weighted by atomic mass is 9.80. The maximum absolute atomic E-state index is 11.5. The first-order valence-corrected chi connectivity index (χ1v) is 6.67. The van der Waals surface area contributed by atoms with Crippen molar-refractivity contribution in [1.82, 2.24) is 0 Å². The van der Waals surface area contributed by atoms with Gasteiger partial charge in [0, 0.05) is 11.1 Å². The molecule has 20 heavy (non-hydrogen) atoms. The van der Waals surface area contributed by atoms with E-state index in [1.807, 2.05) is 13.0 Å². The van der Waals surface area contributed by atoms with E-state index in [1.54, 1.807) is 19.1 Å². The van der Waals surface area contributed by atoms with Crippen LogP contribution in [0, 0.1) is 13.8 Å². The van der Waals surface area contributed by atoms with Crippen LogP contribution in [0.5, 0.6) is 11.5 Å². The molecule has 0 aromatic heterocycles. The van der Waals surface area contributed by atoms with E-state index in [2.05, 4.69) is 0 Å². The van der Waals surface area contributed by atoms with Crippen molar-refractivity contribution in [3.05, 3.63) is 46.0 Å². The molecule has 3 nitrogen and oxygen atoms in total. The van der Waals surface area contributed by atoms with Crippen molar-refractivity contribution < 1.29 is 15.0 Å². The zero-order valence-corrected chi connectivity index (χ0v) is 11.5. The van der Waals surface area contributed by atoms with Gasteiger partial charge in [0.1, 0.15) is 11.5 Å². The summed E-state index contributed by atoms with van der Waals surface area (Å²) in [5, 5.41) is 19.8. The summed E-state index contributed by atoms with van der Waals surface area (Å²) in [4.78, 5) is 11.5. The number of carbonyl (C=O) groups is 1. The Morgan fingerprint density at radius 1 is 1.05 bits per heavy atom. The predicted octanol–water partition coefficient (Wildman–Crippen LogP) is 3.29. The molecular formula is C17H16O3. The molecule has 0 radical (unpaired) electrons. The zero-order chi connectivity index (χ0) is 14.4. The highest BCUT2D eigenvalue weighted by Gasteiger charge is 2.24. The van der Waals surface area contributed by atoms with Gasteiger partial charge in [-0.3, -0.25) is 4.79 Å². The summed E-state index contributed by atoms with van der Waals surface area (Å²) >= 11 is 0. The number of aromatic hydroxyl groups is 2. The summed E-state index contributed by atoms with van der Waals surface area (Å²) in [5.41, 5.74) is 6.00. The van der Waals surface area contributed by atoms with Gasteiger partial charge >= 0.3 is 0 Å². The molecule has 2 aromatic rings. The van der Waals surface area contributed by atoms with E-state index < -0.39 is 0 Å². The molecule has 2 N–H and O–H groups in total. The summed E-state index contributed by atoms with van der Waals surface area (Å²) < 4.78 is 0. The third-order valence-corrected chi connectivity index (χ3v) is 4.29. The summed E-state index contributed by atoms with van der Waals surface area (Å²) in [5.74, 6) is 0.458. The van der Waals surface area contributed by atoms with E-state index in [9.17, 15) is 15.0 Å². The Morgan fingerprint density at radius 3 is 2.50 bits per heavy atom. The highest BCUT2D eigenvalue weighted by Crippen LogP contribution is 2.42. The molecule has 1 aliphatic carbocycles. The van der Waals surface area contributed by atoms with Crippen molar-refractivity contribution in [3.8, 4) is 22.6 Å². The maximum atomic E-state index is 11.5. The molecule has 0 spiro atoms. The maximum Gasteiger partial charge on any atom is 0.151 e. The fraction of sp³-hybridized carbons (Fsp3) is 0.235. The third-order valence-electron chi connectivity index (χ3n) is 4.29. The molecule has 0 unspecified atom stereocenters. The summed E-state index contributed by atoms with van der Waals surface area (Å²) in [6.07, 6.45) is 2.38. The number of rotatable bonds is 1. The summed E-state index contributed by atoms with van der Waals surface area (Å²) in [6, 6.07) is 5.28. The molecule has 0 amide bonds. The van der Waals surface area contributed by atoms with Crippen LogP contribution >= 0.6 is 0 Å². The number of hydrogen-bond donors (Lipinski definition) is 2. The van der Waals surface area contributed by atoms with Gasteiger partial charge in [-0.15, -0.1) is 0 Å². The van der Waals surface area contributed by atoms with E-state index in [4.69, 9.17) is 0 Å². The molecule has 2 aromatic carbocycles. The number of hydrogen-bond acceptors (Lipinski definition) is 3. The van der Waals surface area contributed by atoms with Crippen LogP contribution in [-0.4, -0.2) is 16.5 Å². The van der Waals surface area contributed by atoms with Crippen molar-refractivity contribution in [3.63, 3.8) is 0 Å². The van der Waals surface area contributed by atoms with Crippen molar-refractivity contribution in [1.29, 1.82) is 0 Å². The lowest BCUT2D eigenvalue weighted by molar-refractivity contribution is 0.112. The van der Waals surface area contributed by atoms with E-state index in [0.29, 0.717) is 11.1 Å². The molecule has 0 heterocycles. The number of phenols is 2. The van der Waals surface area contributed by atoms with Crippen LogP contribution in [0.4, 0.5) is 0 Å². The van der Waals surface area contributed by atoms with Gasteiger partial charge in [-0.1, -0.05) is 6.07 Å². The van der Waals surface area contributed by atoms with Crippen molar-refractivity contribution >= 4 is 6.29 Å². The quantitative estimate of drug-likeness (QED) is 0.780. The average Bonchev–Trinajstić information content (AvgIpc) is 2.44. The lowest BCUT2D eigenvalue weighted by Crippen LogP contribution is -2.09. The second kappa shape index (κ2) is 4.37. The Morgan fingerprint density at radius 2 is 1.80 bits per heavy atom. The highest BCUT2D eigenvalue weighted by molar-refractivity contribution is 5.94. The van der Waals surface area contributed by atoms with E-state index in [-0.39, 0.29) is 11.5 Å². The van der Waals surface area contributed by atoms with Gasteiger partial charge in [-0.05, 0) is 66.6 Å². The monoisotopic (exact) mass is 268 g/mol. The van der Waals surface area contributed by atoms with Gasteiger partial charge in [0.15, 0.2) is 6.29 Å². The van der Waals surface area contributed by atoms with E-state index >= 15 is 0 Å². The van der Waals surface area contributed by atoms with Gasteiger partial charge in [0.2, 0.25) is 0 Å². The Labute approximate surface area is 117 Å². The minimum Gasteiger partial charge on any atom is -0.508 e. The molecule has 102 valence electrons. The summed E-state index contributed by atoms with van der Waals surface area (Å²) in [6.45, 7) is 3.65. The number of fused-ring (bicyclic) bond motifs is 3. The number of phenolic OH excluding ortho intramolecular Hbond substituents is 2. The fourth-order valence-corrected chi connectivity index (χ4v) is 3.07. The molecule has 0 aliphatic heterocycles. The molecular weight excluding hydrogens is 252 g/mol. The van der Waals surface area contributed by atoms with Crippen LogP contribution in [0.3, 0.4) is 0 Å². The Balaban J connectivity index is 2.39.